The first-order valence-corrected chi connectivity index (χ1v) is 4.49. The lowest BCUT2D eigenvalue weighted by atomic mass is 10.2. The minimum atomic E-state index is -0.632. The SMILES string of the molecule is Oc1ccc(NCc2ccoc2)cc1F. The highest BCUT2D eigenvalue weighted by atomic mass is 19.1. The second kappa shape index (κ2) is 4.04. The van der Waals surface area contributed by atoms with Crippen molar-refractivity contribution in [2.45, 2.75) is 6.54 Å². The van der Waals surface area contributed by atoms with Gasteiger partial charge in [-0.15, -0.1) is 0 Å². The summed E-state index contributed by atoms with van der Waals surface area (Å²) in [5.74, 6) is -0.976. The Hall–Kier alpha value is -1.97. The molecule has 2 rings (SSSR count). The smallest absolute Gasteiger partial charge is 0.166 e. The van der Waals surface area contributed by atoms with Crippen LogP contribution >= 0.6 is 0 Å². The van der Waals surface area contributed by atoms with E-state index in [0.29, 0.717) is 12.2 Å². The van der Waals surface area contributed by atoms with E-state index in [1.807, 2.05) is 6.07 Å². The van der Waals surface area contributed by atoms with Gasteiger partial charge in [-0.25, -0.2) is 4.39 Å². The van der Waals surface area contributed by atoms with Crippen LogP contribution in [0.4, 0.5) is 10.1 Å². The highest BCUT2D eigenvalue weighted by molar-refractivity contribution is 5.47. The van der Waals surface area contributed by atoms with Crippen LogP contribution in [0.2, 0.25) is 0 Å². The maximum absolute atomic E-state index is 12.9. The van der Waals surface area contributed by atoms with Gasteiger partial charge in [-0.3, -0.25) is 0 Å². The van der Waals surface area contributed by atoms with Gasteiger partial charge in [0.25, 0.3) is 0 Å². The number of halogens is 1. The molecule has 0 amide bonds. The predicted octanol–water partition coefficient (Wildman–Crippen LogP) is 2.74. The van der Waals surface area contributed by atoms with Crippen molar-refractivity contribution in [3.05, 3.63) is 48.2 Å². The molecule has 15 heavy (non-hydrogen) atoms. The van der Waals surface area contributed by atoms with Crippen LogP contribution in [0.5, 0.6) is 5.75 Å². The Morgan fingerprint density at radius 3 is 2.87 bits per heavy atom. The number of aromatic hydroxyl groups is 1. The van der Waals surface area contributed by atoms with Crippen LogP contribution in [-0.2, 0) is 6.54 Å². The first-order valence-electron chi connectivity index (χ1n) is 4.49. The summed E-state index contributed by atoms with van der Waals surface area (Å²) >= 11 is 0. The quantitative estimate of drug-likeness (QED) is 0.760. The summed E-state index contributed by atoms with van der Waals surface area (Å²) in [5.41, 5.74) is 1.59. The molecule has 0 bridgehead atoms. The summed E-state index contributed by atoms with van der Waals surface area (Å²) in [5, 5.41) is 12.0. The van der Waals surface area contributed by atoms with Crippen molar-refractivity contribution in [3.63, 3.8) is 0 Å². The van der Waals surface area contributed by atoms with Gasteiger partial charge in [0.1, 0.15) is 0 Å². The number of nitrogens with one attached hydrogen (secondary N) is 1. The number of hydrogen-bond donors (Lipinski definition) is 2. The third-order valence-corrected chi connectivity index (χ3v) is 2.02. The fourth-order valence-corrected chi connectivity index (χ4v) is 1.21. The number of phenols is 1. The molecule has 0 fully saturated rings. The van der Waals surface area contributed by atoms with Gasteiger partial charge in [0.2, 0.25) is 0 Å². The van der Waals surface area contributed by atoms with Gasteiger partial charge in [-0.2, -0.15) is 0 Å². The van der Waals surface area contributed by atoms with Crippen molar-refractivity contribution in [2.24, 2.45) is 0 Å². The standard InChI is InChI=1S/C11H10FNO2/c12-10-5-9(1-2-11(10)14)13-6-8-3-4-15-7-8/h1-5,7,13-14H,6H2. The van der Waals surface area contributed by atoms with E-state index in [-0.39, 0.29) is 5.75 Å². The Balaban J connectivity index is 2.02. The zero-order valence-electron chi connectivity index (χ0n) is 7.90. The molecule has 2 aromatic rings. The van der Waals surface area contributed by atoms with Gasteiger partial charge < -0.3 is 14.8 Å². The van der Waals surface area contributed by atoms with Gasteiger partial charge in [-0.1, -0.05) is 0 Å². The van der Waals surface area contributed by atoms with Crippen molar-refractivity contribution in [3.8, 4) is 5.75 Å². The number of anilines is 1. The van der Waals surface area contributed by atoms with E-state index in [0.717, 1.165) is 5.56 Å². The second-order valence-electron chi connectivity index (χ2n) is 3.15. The van der Waals surface area contributed by atoms with Crippen LogP contribution in [0.3, 0.4) is 0 Å². The Morgan fingerprint density at radius 1 is 1.33 bits per heavy atom. The average Bonchev–Trinajstić information content (AvgIpc) is 2.73. The van der Waals surface area contributed by atoms with E-state index in [1.54, 1.807) is 18.6 Å². The first-order chi connectivity index (χ1) is 7.25. The second-order valence-corrected chi connectivity index (χ2v) is 3.15. The fourth-order valence-electron chi connectivity index (χ4n) is 1.21. The maximum Gasteiger partial charge on any atom is 0.166 e. The third kappa shape index (κ3) is 2.28. The molecule has 0 saturated carbocycles. The molecule has 1 heterocycles. The lowest BCUT2D eigenvalue weighted by molar-refractivity contribution is 0.432. The topological polar surface area (TPSA) is 45.4 Å². The van der Waals surface area contributed by atoms with E-state index >= 15 is 0 Å². The lowest BCUT2D eigenvalue weighted by Gasteiger charge is -2.05. The van der Waals surface area contributed by atoms with Crippen molar-refractivity contribution in [1.29, 1.82) is 0 Å². The Morgan fingerprint density at radius 2 is 2.20 bits per heavy atom. The molecule has 0 radical (unpaired) electrons. The summed E-state index contributed by atoms with van der Waals surface area (Å²) < 4.78 is 17.8. The van der Waals surface area contributed by atoms with Crippen molar-refractivity contribution in [1.82, 2.24) is 0 Å². The first kappa shape index (κ1) is 9.58. The van der Waals surface area contributed by atoms with E-state index in [4.69, 9.17) is 9.52 Å². The summed E-state index contributed by atoms with van der Waals surface area (Å²) in [7, 11) is 0. The molecule has 1 aromatic heterocycles. The third-order valence-electron chi connectivity index (χ3n) is 2.02. The Bertz CT molecular complexity index is 440. The fraction of sp³-hybridized carbons (Fsp3) is 0.0909. The Kier molecular flexibility index (Phi) is 2.58. The van der Waals surface area contributed by atoms with E-state index in [1.165, 1.54) is 12.1 Å². The number of rotatable bonds is 3. The monoisotopic (exact) mass is 207 g/mol. The van der Waals surface area contributed by atoms with Gasteiger partial charge in [0, 0.05) is 23.9 Å². The molecule has 0 saturated heterocycles. The molecule has 0 atom stereocenters. The minimum Gasteiger partial charge on any atom is -0.505 e. The number of hydrogen-bond acceptors (Lipinski definition) is 3. The largest absolute Gasteiger partial charge is 0.505 e. The van der Waals surface area contributed by atoms with Crippen molar-refractivity contribution in [2.75, 3.05) is 5.32 Å². The molecule has 3 nitrogen and oxygen atoms in total. The van der Waals surface area contributed by atoms with Gasteiger partial charge in [-0.05, 0) is 18.2 Å². The summed E-state index contributed by atoms with van der Waals surface area (Å²) in [6, 6.07) is 5.99. The molecule has 0 aliphatic carbocycles. The van der Waals surface area contributed by atoms with Crippen LogP contribution < -0.4 is 5.32 Å². The van der Waals surface area contributed by atoms with E-state index in [2.05, 4.69) is 5.32 Å². The van der Waals surface area contributed by atoms with E-state index in [9.17, 15) is 4.39 Å². The Labute approximate surface area is 86.2 Å². The zero-order valence-corrected chi connectivity index (χ0v) is 7.90. The summed E-state index contributed by atoms with van der Waals surface area (Å²) in [4.78, 5) is 0. The summed E-state index contributed by atoms with van der Waals surface area (Å²) in [6.45, 7) is 0.556. The van der Waals surface area contributed by atoms with Crippen LogP contribution in [0.1, 0.15) is 5.56 Å². The predicted molar refractivity (Wildman–Crippen MR) is 54.1 cm³/mol. The highest BCUT2D eigenvalue weighted by Gasteiger charge is 2.01. The molecule has 2 N–H and O–H groups in total. The van der Waals surface area contributed by atoms with Crippen LogP contribution in [-0.4, -0.2) is 5.11 Å². The van der Waals surface area contributed by atoms with Crippen molar-refractivity contribution >= 4 is 5.69 Å². The highest BCUT2D eigenvalue weighted by Crippen LogP contribution is 2.19. The number of furan rings is 1. The molecule has 0 spiro atoms. The molecule has 4 heteroatoms. The molecule has 0 aliphatic rings. The van der Waals surface area contributed by atoms with Crippen molar-refractivity contribution < 1.29 is 13.9 Å². The molecule has 1 aromatic carbocycles. The molecular weight excluding hydrogens is 197 g/mol. The van der Waals surface area contributed by atoms with Crippen LogP contribution in [0.25, 0.3) is 0 Å². The maximum atomic E-state index is 12.9. The average molecular weight is 207 g/mol. The van der Waals surface area contributed by atoms with Crippen LogP contribution in [0, 0.1) is 5.82 Å². The molecule has 0 aliphatic heterocycles. The minimum absolute atomic E-state index is 0.344. The lowest BCUT2D eigenvalue weighted by Crippen LogP contribution is -1.98. The number of benzene rings is 1. The van der Waals surface area contributed by atoms with Gasteiger partial charge in [0.05, 0.1) is 12.5 Å². The summed E-state index contributed by atoms with van der Waals surface area (Å²) in [6.07, 6.45) is 3.19. The number of phenolic OH excluding ortho intramolecular Hbond substituents is 1. The van der Waals surface area contributed by atoms with E-state index < -0.39 is 5.82 Å². The molecule has 78 valence electrons. The zero-order chi connectivity index (χ0) is 10.7. The molecule has 0 unspecified atom stereocenters. The van der Waals surface area contributed by atoms with Gasteiger partial charge in [0.15, 0.2) is 11.6 Å². The van der Waals surface area contributed by atoms with Gasteiger partial charge >= 0.3 is 0 Å². The molecular formula is C11H10FNO2. The normalized spacial score (nSPS) is 10.2. The van der Waals surface area contributed by atoms with Crippen LogP contribution in [0.15, 0.2) is 41.2 Å².